The molecule has 0 aliphatic carbocycles. The number of likely N-dealkylation sites (N-methyl/N-ethyl adjacent to an activating group) is 1. The zero-order valence-corrected chi connectivity index (χ0v) is 19.6. The fourth-order valence-corrected chi connectivity index (χ4v) is 4.24. The van der Waals surface area contributed by atoms with Crippen molar-refractivity contribution >= 4 is 17.9 Å². The standard InChI is InChI=1S/C28H27N5O/c1-20-22(18-32(29-20)26-10-6-4-7-11-26)14-24-16-31(3)17-25(28(24)34)15-23-19-33(30-21(23)2)27-12-8-5-9-13-27/h4-15,18-19H,16-17H2,1-3H3/b24-14-,25-15?. The number of nitrogens with zero attached hydrogens (tertiary/aromatic N) is 5. The molecule has 5 rings (SSSR count). The van der Waals surface area contributed by atoms with Crippen LogP contribution in [0.4, 0.5) is 0 Å². The Morgan fingerprint density at radius 1 is 0.706 bits per heavy atom. The first-order valence-corrected chi connectivity index (χ1v) is 11.4. The van der Waals surface area contributed by atoms with Gasteiger partial charge in [-0.1, -0.05) is 36.4 Å². The smallest absolute Gasteiger partial charge is 0.187 e. The lowest BCUT2D eigenvalue weighted by molar-refractivity contribution is -0.113. The third-order valence-electron chi connectivity index (χ3n) is 6.04. The van der Waals surface area contributed by atoms with Crippen molar-refractivity contribution in [3.05, 3.63) is 107 Å². The maximum atomic E-state index is 13.4. The molecule has 1 fully saturated rings. The normalized spacial score (nSPS) is 17.1. The number of rotatable bonds is 4. The van der Waals surface area contributed by atoms with Gasteiger partial charge in [0.1, 0.15) is 0 Å². The molecule has 4 aromatic rings. The number of piperidine rings is 1. The molecule has 0 radical (unpaired) electrons. The average Bonchev–Trinajstić information content (AvgIpc) is 3.40. The fourth-order valence-electron chi connectivity index (χ4n) is 4.24. The van der Waals surface area contributed by atoms with E-state index in [2.05, 4.69) is 15.1 Å². The van der Waals surface area contributed by atoms with Gasteiger partial charge in [0.05, 0.1) is 22.8 Å². The van der Waals surface area contributed by atoms with Crippen LogP contribution in [-0.2, 0) is 4.79 Å². The molecule has 34 heavy (non-hydrogen) atoms. The summed E-state index contributed by atoms with van der Waals surface area (Å²) in [6.45, 7) is 5.16. The van der Waals surface area contributed by atoms with Crippen molar-refractivity contribution < 1.29 is 4.79 Å². The van der Waals surface area contributed by atoms with Gasteiger partial charge in [0.2, 0.25) is 0 Å². The highest BCUT2D eigenvalue weighted by atomic mass is 16.1. The molecule has 2 aromatic heterocycles. The number of likely N-dealkylation sites (tertiary alicyclic amines) is 1. The quantitative estimate of drug-likeness (QED) is 0.426. The van der Waals surface area contributed by atoms with E-state index < -0.39 is 0 Å². The molecular weight excluding hydrogens is 422 g/mol. The average molecular weight is 450 g/mol. The third-order valence-corrected chi connectivity index (χ3v) is 6.04. The largest absolute Gasteiger partial charge is 0.298 e. The maximum absolute atomic E-state index is 13.4. The third kappa shape index (κ3) is 4.40. The van der Waals surface area contributed by atoms with Crippen LogP contribution in [0.2, 0.25) is 0 Å². The summed E-state index contributed by atoms with van der Waals surface area (Å²) < 4.78 is 3.72. The first-order valence-electron chi connectivity index (χ1n) is 11.4. The Kier molecular flexibility index (Phi) is 5.82. The Bertz CT molecular complexity index is 1290. The van der Waals surface area contributed by atoms with Crippen molar-refractivity contribution in [1.82, 2.24) is 24.5 Å². The Morgan fingerprint density at radius 3 is 1.53 bits per heavy atom. The highest BCUT2D eigenvalue weighted by Crippen LogP contribution is 2.24. The molecule has 170 valence electrons. The molecular formula is C28H27N5O. The summed E-state index contributed by atoms with van der Waals surface area (Å²) in [5.41, 5.74) is 7.21. The number of ketones is 1. The summed E-state index contributed by atoms with van der Waals surface area (Å²) in [7, 11) is 2.04. The minimum absolute atomic E-state index is 0.0804. The van der Waals surface area contributed by atoms with E-state index in [1.807, 2.05) is 115 Å². The Labute approximate surface area is 199 Å². The second-order valence-electron chi connectivity index (χ2n) is 8.74. The summed E-state index contributed by atoms with van der Waals surface area (Å²) >= 11 is 0. The summed E-state index contributed by atoms with van der Waals surface area (Å²) in [5.74, 6) is 0.0804. The summed E-state index contributed by atoms with van der Waals surface area (Å²) in [5, 5.41) is 9.28. The highest BCUT2D eigenvalue weighted by molar-refractivity contribution is 6.14. The molecule has 0 bridgehead atoms. The van der Waals surface area contributed by atoms with E-state index in [4.69, 9.17) is 0 Å². The maximum Gasteiger partial charge on any atom is 0.187 e. The van der Waals surface area contributed by atoms with Crippen molar-refractivity contribution in [2.45, 2.75) is 13.8 Å². The van der Waals surface area contributed by atoms with Crippen LogP contribution in [0.1, 0.15) is 22.5 Å². The zero-order valence-electron chi connectivity index (χ0n) is 19.6. The lowest BCUT2D eigenvalue weighted by Gasteiger charge is -2.26. The first kappa shape index (κ1) is 21.8. The number of hydrogen-bond donors (Lipinski definition) is 0. The molecule has 0 saturated carbocycles. The van der Waals surface area contributed by atoms with Crippen molar-refractivity contribution in [3.63, 3.8) is 0 Å². The van der Waals surface area contributed by atoms with Crippen molar-refractivity contribution in [3.8, 4) is 11.4 Å². The predicted molar refractivity (Wildman–Crippen MR) is 135 cm³/mol. The minimum atomic E-state index is 0.0804. The number of carbonyl (C=O) groups excluding carboxylic acids is 1. The fraction of sp³-hybridized carbons (Fsp3) is 0.179. The van der Waals surface area contributed by atoms with Gasteiger partial charge in [0, 0.05) is 47.8 Å². The van der Waals surface area contributed by atoms with E-state index >= 15 is 0 Å². The number of benzene rings is 2. The van der Waals surface area contributed by atoms with Crippen LogP contribution >= 0.6 is 0 Å². The van der Waals surface area contributed by atoms with Crippen molar-refractivity contribution in [2.24, 2.45) is 0 Å². The first-order chi connectivity index (χ1) is 16.5. The number of para-hydroxylation sites is 2. The lowest BCUT2D eigenvalue weighted by atomic mass is 9.95. The van der Waals surface area contributed by atoms with E-state index in [9.17, 15) is 4.79 Å². The number of carbonyl (C=O) groups is 1. The SMILES string of the molecule is Cc1nn(-c2ccccc2)cc1C=C1CN(C)C/C(=C/c2cn(-c3ccccc3)nc2C)C1=O. The van der Waals surface area contributed by atoms with Gasteiger partial charge in [-0.3, -0.25) is 9.69 Å². The molecule has 3 heterocycles. The molecule has 0 N–H and O–H groups in total. The molecule has 6 nitrogen and oxygen atoms in total. The highest BCUT2D eigenvalue weighted by Gasteiger charge is 2.25. The van der Waals surface area contributed by atoms with Crippen LogP contribution in [0, 0.1) is 13.8 Å². The van der Waals surface area contributed by atoms with Gasteiger partial charge in [-0.05, 0) is 57.3 Å². The van der Waals surface area contributed by atoms with E-state index in [0.717, 1.165) is 45.0 Å². The molecule has 1 saturated heterocycles. The number of Topliss-reactive ketones (excluding diaryl/α,β-unsaturated/α-hetero) is 1. The van der Waals surface area contributed by atoms with Crippen LogP contribution < -0.4 is 0 Å². The minimum Gasteiger partial charge on any atom is -0.298 e. The van der Waals surface area contributed by atoms with E-state index in [0.29, 0.717) is 13.1 Å². The monoisotopic (exact) mass is 449 g/mol. The molecule has 0 amide bonds. The lowest BCUT2D eigenvalue weighted by Crippen LogP contribution is -2.34. The molecule has 0 atom stereocenters. The van der Waals surface area contributed by atoms with E-state index in [1.165, 1.54) is 0 Å². The molecule has 0 spiro atoms. The second kappa shape index (κ2) is 9.08. The van der Waals surface area contributed by atoms with Crippen LogP contribution in [0.3, 0.4) is 0 Å². The Balaban J connectivity index is 1.46. The zero-order chi connectivity index (χ0) is 23.7. The molecule has 1 aliphatic rings. The van der Waals surface area contributed by atoms with Crippen LogP contribution in [0.25, 0.3) is 23.5 Å². The number of aromatic nitrogens is 4. The second-order valence-corrected chi connectivity index (χ2v) is 8.74. The van der Waals surface area contributed by atoms with Gasteiger partial charge >= 0.3 is 0 Å². The summed E-state index contributed by atoms with van der Waals surface area (Å²) in [4.78, 5) is 15.6. The van der Waals surface area contributed by atoms with E-state index in [1.54, 1.807) is 0 Å². The van der Waals surface area contributed by atoms with Crippen molar-refractivity contribution in [1.29, 1.82) is 0 Å². The van der Waals surface area contributed by atoms with Gasteiger partial charge in [0.15, 0.2) is 5.78 Å². The summed E-state index contributed by atoms with van der Waals surface area (Å²) in [6.07, 6.45) is 7.93. The topological polar surface area (TPSA) is 56.0 Å². The van der Waals surface area contributed by atoms with Crippen molar-refractivity contribution in [2.75, 3.05) is 20.1 Å². The molecule has 2 aromatic carbocycles. The Morgan fingerprint density at radius 2 is 1.12 bits per heavy atom. The van der Waals surface area contributed by atoms with Gasteiger partial charge < -0.3 is 0 Å². The van der Waals surface area contributed by atoms with Gasteiger partial charge in [-0.15, -0.1) is 0 Å². The predicted octanol–water partition coefficient (Wildman–Crippen LogP) is 4.66. The van der Waals surface area contributed by atoms with Gasteiger partial charge in [0.25, 0.3) is 0 Å². The van der Waals surface area contributed by atoms with Crippen LogP contribution in [-0.4, -0.2) is 50.4 Å². The molecule has 0 unspecified atom stereocenters. The van der Waals surface area contributed by atoms with Crippen LogP contribution in [0.15, 0.2) is 84.2 Å². The number of aryl methyl sites for hydroxylation is 2. The Hall–Kier alpha value is -4.03. The van der Waals surface area contributed by atoms with E-state index in [-0.39, 0.29) is 5.78 Å². The van der Waals surface area contributed by atoms with Gasteiger partial charge in [-0.2, -0.15) is 10.2 Å². The van der Waals surface area contributed by atoms with Gasteiger partial charge in [-0.25, -0.2) is 9.36 Å². The molecule has 1 aliphatic heterocycles. The van der Waals surface area contributed by atoms with Crippen LogP contribution in [0.5, 0.6) is 0 Å². The summed E-state index contributed by atoms with van der Waals surface area (Å²) in [6, 6.07) is 20.0. The molecule has 6 heteroatoms. The number of hydrogen-bond acceptors (Lipinski definition) is 4.